The fourth-order valence-electron chi connectivity index (χ4n) is 6.99. The van der Waals surface area contributed by atoms with E-state index in [9.17, 15) is 0 Å². The van der Waals surface area contributed by atoms with E-state index in [1.165, 1.54) is 11.1 Å². The summed E-state index contributed by atoms with van der Waals surface area (Å²) < 4.78 is 24.7. The van der Waals surface area contributed by atoms with Crippen LogP contribution in [0.3, 0.4) is 0 Å². The normalized spacial score (nSPS) is 12.4. The Labute approximate surface area is 350 Å². The van der Waals surface area contributed by atoms with E-state index in [1.54, 1.807) is 24.8 Å². The lowest BCUT2D eigenvalue weighted by Crippen LogP contribution is -2.11. The van der Waals surface area contributed by atoms with E-state index in [2.05, 4.69) is 146 Å². The highest BCUT2D eigenvalue weighted by molar-refractivity contribution is 5.77. The minimum absolute atomic E-state index is 0.0738. The summed E-state index contributed by atoms with van der Waals surface area (Å²) in [5.41, 5.74) is 10.9. The fourth-order valence-corrected chi connectivity index (χ4v) is 6.99. The Hall–Kier alpha value is -7.32. The van der Waals surface area contributed by atoms with Gasteiger partial charge in [0.1, 0.15) is 23.0 Å². The van der Waals surface area contributed by atoms with Gasteiger partial charge < -0.3 is 18.9 Å². The van der Waals surface area contributed by atoms with Crippen LogP contribution in [0.4, 0.5) is 0 Å². The van der Waals surface area contributed by atoms with Crippen LogP contribution >= 0.6 is 0 Å². The summed E-state index contributed by atoms with van der Waals surface area (Å²) in [5, 5.41) is 0. The van der Waals surface area contributed by atoms with E-state index in [1.807, 2.05) is 48.5 Å². The van der Waals surface area contributed by atoms with E-state index in [0.717, 1.165) is 44.5 Å². The molecule has 0 spiro atoms. The number of hydrogen-bond acceptors (Lipinski definition) is 8. The Morgan fingerprint density at radius 1 is 0.300 bits per heavy atom. The van der Waals surface area contributed by atoms with Gasteiger partial charge in [0.15, 0.2) is 0 Å². The van der Waals surface area contributed by atoms with Crippen LogP contribution in [0, 0.1) is 0 Å². The topological polar surface area (TPSA) is 88.5 Å². The molecule has 0 N–H and O–H groups in total. The van der Waals surface area contributed by atoms with Crippen molar-refractivity contribution in [1.29, 1.82) is 0 Å². The minimum atomic E-state index is -0.0738. The highest BCUT2D eigenvalue weighted by atomic mass is 16.5. The molecule has 6 aromatic carbocycles. The van der Waals surface area contributed by atoms with Crippen molar-refractivity contribution in [1.82, 2.24) is 19.9 Å². The van der Waals surface area contributed by atoms with Gasteiger partial charge in [-0.1, -0.05) is 114 Å². The molecule has 0 unspecified atom stereocenters. The lowest BCUT2D eigenvalue weighted by molar-refractivity contribution is 0.421. The first kappa shape index (κ1) is 38.2. The van der Waals surface area contributed by atoms with Gasteiger partial charge in [0.2, 0.25) is 23.5 Å². The SMILES string of the molecule is CC(C)(C)c1cc2cc(c1)-c1ccc(cc1)Oc1cncc(n1)Oc1ccc(cc1)-c1cc(cc(C(C)(C)C)c1)-c1ccc(cc1)Oc1cncc(n1)Oc1ccc-2cc1. The van der Waals surface area contributed by atoms with Gasteiger partial charge in [-0.25, -0.2) is 0 Å². The van der Waals surface area contributed by atoms with Crippen molar-refractivity contribution in [2.45, 2.75) is 52.4 Å². The average molecular weight is 789 g/mol. The molecular weight excluding hydrogens is 745 g/mol. The molecule has 8 aromatic rings. The summed E-state index contributed by atoms with van der Waals surface area (Å²) in [7, 11) is 0. The van der Waals surface area contributed by atoms with Gasteiger partial charge in [-0.15, -0.1) is 0 Å². The number of ether oxygens (including phenoxy) is 4. The molecule has 8 heteroatoms. The predicted octanol–water partition coefficient (Wildman–Crippen LogP) is 14.0. The maximum atomic E-state index is 6.16. The number of aromatic nitrogens is 4. The zero-order valence-electron chi connectivity index (χ0n) is 34.4. The summed E-state index contributed by atoms with van der Waals surface area (Å²) in [5.74, 6) is 3.87. The summed E-state index contributed by atoms with van der Waals surface area (Å²) in [4.78, 5) is 17.9. The van der Waals surface area contributed by atoms with Gasteiger partial charge in [-0.05, 0) is 127 Å². The van der Waals surface area contributed by atoms with Crippen LogP contribution in [0.1, 0.15) is 52.7 Å². The zero-order chi connectivity index (χ0) is 41.4. The second-order valence-corrected chi connectivity index (χ2v) is 17.0. The maximum Gasteiger partial charge on any atom is 0.241 e. The van der Waals surface area contributed by atoms with Crippen LogP contribution in [0.2, 0.25) is 0 Å². The van der Waals surface area contributed by atoms with Crippen LogP contribution in [0.25, 0.3) is 44.5 Å². The Morgan fingerprint density at radius 3 is 0.750 bits per heavy atom. The predicted molar refractivity (Wildman–Crippen MR) is 236 cm³/mol. The molecule has 0 fully saturated rings. The summed E-state index contributed by atoms with van der Waals surface area (Å²) in [6.45, 7) is 13.4. The Kier molecular flexibility index (Phi) is 9.84. The Balaban J connectivity index is 1.09. The highest BCUT2D eigenvalue weighted by Crippen LogP contribution is 2.38. The van der Waals surface area contributed by atoms with Crippen molar-refractivity contribution in [2.24, 2.45) is 0 Å². The third kappa shape index (κ3) is 8.59. The Morgan fingerprint density at radius 2 is 0.533 bits per heavy atom. The van der Waals surface area contributed by atoms with E-state index in [4.69, 9.17) is 18.9 Å². The summed E-state index contributed by atoms with van der Waals surface area (Å²) >= 11 is 0. The van der Waals surface area contributed by atoms with Gasteiger partial charge in [0.05, 0.1) is 24.8 Å². The van der Waals surface area contributed by atoms with Gasteiger partial charge >= 0.3 is 0 Å². The monoisotopic (exact) mass is 788 g/mol. The maximum absolute atomic E-state index is 6.16. The molecule has 60 heavy (non-hydrogen) atoms. The number of nitrogens with zero attached hydrogens (tertiary/aromatic N) is 4. The standard InChI is InChI=1S/C52H44N4O4/c1-51(2,3)41-25-37-23-38(26-41)34-9-17-44(18-10-34)58-48-30-54-32-50(56-48)60-46-21-13-36(14-22-46)40-24-39(27-42(28-40)52(4,5)6)35-11-19-45(20-12-35)59-49-31-53-29-47(55-49)57-43-15-7-33(37)8-16-43/h7-32H,1-6H3. The zero-order valence-corrected chi connectivity index (χ0v) is 34.4. The lowest BCUT2D eigenvalue weighted by atomic mass is 9.83. The number of rotatable bonds is 0. The molecule has 0 saturated heterocycles. The molecule has 296 valence electrons. The molecule has 0 aliphatic carbocycles. The van der Waals surface area contributed by atoms with Crippen LogP contribution < -0.4 is 18.9 Å². The molecule has 7 aliphatic heterocycles. The molecule has 0 amide bonds. The van der Waals surface area contributed by atoms with Crippen LogP contribution in [0.5, 0.6) is 46.5 Å². The first-order chi connectivity index (χ1) is 28.9. The molecular formula is C52H44N4O4. The molecule has 9 heterocycles. The fraction of sp³-hybridized carbons (Fsp3) is 0.154. The van der Waals surface area contributed by atoms with Crippen molar-refractivity contribution in [3.63, 3.8) is 0 Å². The smallest absolute Gasteiger partial charge is 0.241 e. The van der Waals surface area contributed by atoms with Gasteiger partial charge in [0.25, 0.3) is 0 Å². The van der Waals surface area contributed by atoms with Gasteiger partial charge in [-0.3, -0.25) is 9.97 Å². The minimum Gasteiger partial charge on any atom is -0.437 e. The molecule has 0 atom stereocenters. The second-order valence-electron chi connectivity index (χ2n) is 17.0. The van der Waals surface area contributed by atoms with Gasteiger partial charge in [0, 0.05) is 0 Å². The van der Waals surface area contributed by atoms with E-state index in [0.29, 0.717) is 46.5 Å². The summed E-state index contributed by atoms with van der Waals surface area (Å²) in [6, 6.07) is 45.5. The molecule has 15 rings (SSSR count). The van der Waals surface area contributed by atoms with Crippen molar-refractivity contribution < 1.29 is 18.9 Å². The van der Waals surface area contributed by atoms with E-state index in [-0.39, 0.29) is 10.8 Å². The number of hydrogen-bond donors (Lipinski definition) is 0. The quantitative estimate of drug-likeness (QED) is 0.150. The largest absolute Gasteiger partial charge is 0.437 e. The third-order valence-electron chi connectivity index (χ3n) is 10.4. The molecule has 8 nitrogen and oxygen atoms in total. The van der Waals surface area contributed by atoms with E-state index < -0.39 is 0 Å². The molecule has 0 radical (unpaired) electrons. The van der Waals surface area contributed by atoms with Crippen molar-refractivity contribution in [3.05, 3.63) is 169 Å². The molecule has 0 saturated carbocycles. The van der Waals surface area contributed by atoms with Crippen LogP contribution in [-0.2, 0) is 10.8 Å². The first-order valence-corrected chi connectivity index (χ1v) is 20.0. The van der Waals surface area contributed by atoms with E-state index >= 15 is 0 Å². The number of benzene rings is 6. The van der Waals surface area contributed by atoms with Crippen molar-refractivity contribution in [2.75, 3.05) is 0 Å². The van der Waals surface area contributed by atoms with Crippen LogP contribution in [-0.4, -0.2) is 19.9 Å². The van der Waals surface area contributed by atoms with Crippen molar-refractivity contribution in [3.8, 4) is 91.0 Å². The average Bonchev–Trinajstić information content (AvgIpc) is 3.24. The Bertz CT molecular complexity index is 2440. The van der Waals surface area contributed by atoms with Crippen molar-refractivity contribution >= 4 is 0 Å². The molecule has 2 aromatic heterocycles. The summed E-state index contributed by atoms with van der Waals surface area (Å²) in [6.07, 6.45) is 6.32. The second kappa shape index (κ2) is 15.5. The molecule has 7 aliphatic rings. The third-order valence-corrected chi connectivity index (χ3v) is 10.4. The van der Waals surface area contributed by atoms with Crippen LogP contribution in [0.15, 0.2) is 158 Å². The molecule has 16 bridgehead atoms. The van der Waals surface area contributed by atoms with Gasteiger partial charge in [-0.2, -0.15) is 9.97 Å². The first-order valence-electron chi connectivity index (χ1n) is 20.0. The lowest BCUT2D eigenvalue weighted by Gasteiger charge is -2.22. The highest BCUT2D eigenvalue weighted by Gasteiger charge is 2.19.